The van der Waals surface area contributed by atoms with E-state index in [1.54, 1.807) is 0 Å². The topological polar surface area (TPSA) is 0 Å². The van der Waals surface area contributed by atoms with E-state index < -0.39 is 0 Å². The second kappa shape index (κ2) is 5.22. The van der Waals surface area contributed by atoms with Gasteiger partial charge in [-0.2, -0.15) is 0 Å². The monoisotopic (exact) mass is 236 g/mol. The van der Waals surface area contributed by atoms with Crippen molar-refractivity contribution in [3.63, 3.8) is 0 Å². The van der Waals surface area contributed by atoms with Crippen molar-refractivity contribution in [2.45, 2.75) is 26.7 Å². The summed E-state index contributed by atoms with van der Waals surface area (Å²) in [7, 11) is 0. The van der Waals surface area contributed by atoms with Crippen molar-refractivity contribution >= 4 is 6.08 Å². The molecule has 0 bridgehead atoms. The van der Waals surface area contributed by atoms with Crippen LogP contribution in [0.4, 0.5) is 0 Å². The fourth-order valence-electron chi connectivity index (χ4n) is 2.26. The number of aryl methyl sites for hydroxylation is 1. The van der Waals surface area contributed by atoms with Gasteiger partial charge in [-0.1, -0.05) is 68.5 Å². The molecule has 0 unspecified atom stereocenters. The molecular weight excluding hydrogens is 216 g/mol. The smallest absolute Gasteiger partial charge is 0.0146 e. The Morgan fingerprint density at radius 1 is 1.06 bits per heavy atom. The highest BCUT2D eigenvalue weighted by Gasteiger charge is 2.08. The zero-order valence-electron chi connectivity index (χ0n) is 11.4. The van der Waals surface area contributed by atoms with Crippen LogP contribution < -0.4 is 0 Å². The second-order valence-corrected chi connectivity index (χ2v) is 5.07. The highest BCUT2D eigenvalue weighted by molar-refractivity contribution is 5.71. The normalized spacial score (nSPS) is 10.7. The van der Waals surface area contributed by atoms with Crippen LogP contribution >= 0.6 is 0 Å². The predicted molar refractivity (Wildman–Crippen MR) is 80.8 cm³/mol. The average Bonchev–Trinajstić information content (AvgIpc) is 2.38. The maximum Gasteiger partial charge on any atom is -0.0146 e. The molecule has 2 aromatic carbocycles. The first-order valence-corrected chi connectivity index (χ1v) is 6.45. The van der Waals surface area contributed by atoms with E-state index >= 15 is 0 Å². The lowest BCUT2D eigenvalue weighted by Gasteiger charge is -2.14. The molecular formula is C18H20. The fourth-order valence-corrected chi connectivity index (χ4v) is 2.26. The Kier molecular flexibility index (Phi) is 3.66. The van der Waals surface area contributed by atoms with Gasteiger partial charge in [-0.25, -0.2) is 0 Å². The first kappa shape index (κ1) is 12.6. The van der Waals surface area contributed by atoms with Crippen LogP contribution in [-0.2, 0) is 0 Å². The van der Waals surface area contributed by atoms with Gasteiger partial charge in [0.15, 0.2) is 0 Å². The van der Waals surface area contributed by atoms with Gasteiger partial charge < -0.3 is 0 Å². The van der Waals surface area contributed by atoms with Gasteiger partial charge in [0.2, 0.25) is 0 Å². The molecule has 18 heavy (non-hydrogen) atoms. The molecule has 0 heterocycles. The molecule has 0 atom stereocenters. The van der Waals surface area contributed by atoms with Crippen LogP contribution in [0.2, 0.25) is 0 Å². The molecule has 0 saturated heterocycles. The van der Waals surface area contributed by atoms with Crippen LogP contribution in [0.15, 0.2) is 49.0 Å². The van der Waals surface area contributed by atoms with Crippen molar-refractivity contribution in [1.82, 2.24) is 0 Å². The zero-order chi connectivity index (χ0) is 13.1. The standard InChI is InChI=1S/C18H20/c1-5-15-7-6-8-16(12-15)18-11-14(4)9-10-17(18)13(2)3/h5-13H,1H2,2-4H3. The average molecular weight is 236 g/mol. The van der Waals surface area contributed by atoms with Crippen LogP contribution in [0.25, 0.3) is 17.2 Å². The van der Waals surface area contributed by atoms with Crippen LogP contribution in [0.3, 0.4) is 0 Å². The van der Waals surface area contributed by atoms with Crippen LogP contribution in [0.5, 0.6) is 0 Å². The fraction of sp³-hybridized carbons (Fsp3) is 0.222. The Morgan fingerprint density at radius 2 is 1.83 bits per heavy atom. The molecule has 0 fully saturated rings. The third kappa shape index (κ3) is 2.53. The molecule has 2 aromatic rings. The largest absolute Gasteiger partial charge is 0.0985 e. The minimum absolute atomic E-state index is 0.535. The summed E-state index contributed by atoms with van der Waals surface area (Å²) < 4.78 is 0. The lowest BCUT2D eigenvalue weighted by atomic mass is 9.90. The highest BCUT2D eigenvalue weighted by atomic mass is 14.1. The van der Waals surface area contributed by atoms with Crippen LogP contribution in [0.1, 0.15) is 36.5 Å². The molecule has 0 aromatic heterocycles. The summed E-state index contributed by atoms with van der Waals surface area (Å²) in [4.78, 5) is 0. The third-order valence-corrected chi connectivity index (χ3v) is 3.26. The maximum atomic E-state index is 3.84. The molecule has 0 nitrogen and oxygen atoms in total. The highest BCUT2D eigenvalue weighted by Crippen LogP contribution is 2.30. The van der Waals surface area contributed by atoms with Gasteiger partial charge >= 0.3 is 0 Å². The van der Waals surface area contributed by atoms with Gasteiger partial charge in [0.05, 0.1) is 0 Å². The number of hydrogen-bond donors (Lipinski definition) is 0. The van der Waals surface area contributed by atoms with Crippen molar-refractivity contribution in [2.75, 3.05) is 0 Å². The minimum atomic E-state index is 0.535. The molecule has 0 amide bonds. The summed E-state index contributed by atoms with van der Waals surface area (Å²) in [5, 5.41) is 0. The molecule has 0 spiro atoms. The Labute approximate surface area is 110 Å². The van der Waals surface area contributed by atoms with Gasteiger partial charge in [0.1, 0.15) is 0 Å². The number of hydrogen-bond acceptors (Lipinski definition) is 0. The van der Waals surface area contributed by atoms with Crippen molar-refractivity contribution in [1.29, 1.82) is 0 Å². The van der Waals surface area contributed by atoms with E-state index in [0.29, 0.717) is 5.92 Å². The summed E-state index contributed by atoms with van der Waals surface area (Å²) in [5.41, 5.74) is 6.50. The molecule has 0 aliphatic heterocycles. The SMILES string of the molecule is C=Cc1cccc(-c2cc(C)ccc2C(C)C)c1. The molecule has 0 aliphatic carbocycles. The van der Waals surface area contributed by atoms with Crippen LogP contribution in [0, 0.1) is 6.92 Å². The second-order valence-electron chi connectivity index (χ2n) is 5.07. The van der Waals surface area contributed by atoms with Gasteiger partial charge in [0, 0.05) is 0 Å². The molecule has 2 rings (SSSR count). The molecule has 0 radical (unpaired) electrons. The summed E-state index contributed by atoms with van der Waals surface area (Å²) in [6.07, 6.45) is 1.90. The van der Waals surface area contributed by atoms with E-state index in [4.69, 9.17) is 0 Å². The molecule has 0 saturated carbocycles. The lowest BCUT2D eigenvalue weighted by Crippen LogP contribution is -1.93. The minimum Gasteiger partial charge on any atom is -0.0985 e. The van der Waals surface area contributed by atoms with E-state index in [1.807, 2.05) is 6.08 Å². The number of rotatable bonds is 3. The molecule has 0 N–H and O–H groups in total. The van der Waals surface area contributed by atoms with Crippen molar-refractivity contribution in [3.8, 4) is 11.1 Å². The van der Waals surface area contributed by atoms with E-state index in [0.717, 1.165) is 0 Å². The van der Waals surface area contributed by atoms with Crippen molar-refractivity contribution in [2.24, 2.45) is 0 Å². The Balaban J connectivity index is 2.61. The van der Waals surface area contributed by atoms with E-state index in [-0.39, 0.29) is 0 Å². The third-order valence-electron chi connectivity index (χ3n) is 3.26. The van der Waals surface area contributed by atoms with E-state index in [1.165, 1.54) is 27.8 Å². The molecule has 0 aliphatic rings. The molecule has 92 valence electrons. The van der Waals surface area contributed by atoms with Gasteiger partial charge in [-0.15, -0.1) is 0 Å². The van der Waals surface area contributed by atoms with Gasteiger partial charge in [0.25, 0.3) is 0 Å². The van der Waals surface area contributed by atoms with Gasteiger partial charge in [-0.3, -0.25) is 0 Å². The summed E-state index contributed by atoms with van der Waals surface area (Å²) in [6.45, 7) is 10.5. The summed E-state index contributed by atoms with van der Waals surface area (Å²) in [6, 6.07) is 15.3. The van der Waals surface area contributed by atoms with E-state index in [2.05, 4.69) is 69.8 Å². The van der Waals surface area contributed by atoms with E-state index in [9.17, 15) is 0 Å². The number of benzene rings is 2. The quantitative estimate of drug-likeness (QED) is 0.666. The maximum absolute atomic E-state index is 3.84. The Hall–Kier alpha value is -1.82. The predicted octanol–water partition coefficient (Wildman–Crippen LogP) is 5.43. The van der Waals surface area contributed by atoms with Gasteiger partial charge in [-0.05, 0) is 41.2 Å². The first-order chi connectivity index (χ1) is 8.61. The lowest BCUT2D eigenvalue weighted by molar-refractivity contribution is 0.868. The summed E-state index contributed by atoms with van der Waals surface area (Å²) >= 11 is 0. The Morgan fingerprint density at radius 3 is 2.50 bits per heavy atom. The zero-order valence-corrected chi connectivity index (χ0v) is 11.4. The van der Waals surface area contributed by atoms with Crippen molar-refractivity contribution in [3.05, 3.63) is 65.7 Å². The van der Waals surface area contributed by atoms with Crippen molar-refractivity contribution < 1.29 is 0 Å². The summed E-state index contributed by atoms with van der Waals surface area (Å²) in [5.74, 6) is 0.535. The van der Waals surface area contributed by atoms with Crippen LogP contribution in [-0.4, -0.2) is 0 Å². The first-order valence-electron chi connectivity index (χ1n) is 6.45. The Bertz CT molecular complexity index is 562. The molecule has 0 heteroatoms.